The maximum absolute atomic E-state index is 12.7. The molecule has 0 unspecified atom stereocenters. The minimum atomic E-state index is -1.01. The molecule has 0 bridgehead atoms. The summed E-state index contributed by atoms with van der Waals surface area (Å²) < 4.78 is 7.14. The van der Waals surface area contributed by atoms with E-state index < -0.39 is 5.97 Å². The van der Waals surface area contributed by atoms with Crippen LogP contribution in [0.3, 0.4) is 0 Å². The first-order valence-electron chi connectivity index (χ1n) is 7.88. The molecule has 1 aromatic carbocycles. The zero-order valence-corrected chi connectivity index (χ0v) is 13.8. The summed E-state index contributed by atoms with van der Waals surface area (Å²) in [6.07, 6.45) is 0. The second-order valence-electron chi connectivity index (χ2n) is 5.89. The number of carbonyl (C=O) groups excluding carboxylic acids is 1. The molecule has 1 aromatic heterocycles. The van der Waals surface area contributed by atoms with E-state index in [2.05, 4.69) is 0 Å². The molecule has 0 aliphatic carbocycles. The van der Waals surface area contributed by atoms with Crippen molar-refractivity contribution in [1.82, 2.24) is 9.47 Å². The van der Waals surface area contributed by atoms with Crippen LogP contribution in [0.25, 0.3) is 5.69 Å². The number of morpholine rings is 1. The number of carboxylic acids is 1. The van der Waals surface area contributed by atoms with E-state index in [1.165, 1.54) is 6.07 Å². The van der Waals surface area contributed by atoms with Gasteiger partial charge < -0.3 is 19.3 Å². The Bertz CT molecular complexity index is 769. The van der Waals surface area contributed by atoms with Crippen LogP contribution in [0.4, 0.5) is 0 Å². The van der Waals surface area contributed by atoms with Crippen molar-refractivity contribution in [2.24, 2.45) is 0 Å². The summed E-state index contributed by atoms with van der Waals surface area (Å²) in [4.78, 5) is 26.0. The van der Waals surface area contributed by atoms with Gasteiger partial charge in [-0.05, 0) is 44.2 Å². The largest absolute Gasteiger partial charge is 0.478 e. The van der Waals surface area contributed by atoms with Crippen molar-refractivity contribution in [2.45, 2.75) is 13.8 Å². The van der Waals surface area contributed by atoms with Crippen LogP contribution in [-0.2, 0) is 4.74 Å². The zero-order chi connectivity index (χ0) is 17.3. The number of hydrogen-bond donors (Lipinski definition) is 1. The zero-order valence-electron chi connectivity index (χ0n) is 13.8. The van der Waals surface area contributed by atoms with E-state index >= 15 is 0 Å². The third-order valence-electron chi connectivity index (χ3n) is 4.29. The van der Waals surface area contributed by atoms with Crippen molar-refractivity contribution in [2.75, 3.05) is 26.3 Å². The molecule has 1 aliphatic rings. The number of ether oxygens (including phenoxy) is 1. The Kier molecular flexibility index (Phi) is 4.40. The number of nitrogens with zero attached hydrogens (tertiary/aromatic N) is 2. The molecule has 6 nitrogen and oxygen atoms in total. The van der Waals surface area contributed by atoms with Gasteiger partial charge in [0.15, 0.2) is 0 Å². The lowest BCUT2D eigenvalue weighted by molar-refractivity contribution is 0.0302. The number of aromatic nitrogens is 1. The summed E-state index contributed by atoms with van der Waals surface area (Å²) in [6.45, 7) is 5.99. The van der Waals surface area contributed by atoms with Gasteiger partial charge in [0.1, 0.15) is 0 Å². The van der Waals surface area contributed by atoms with E-state index in [1.54, 1.807) is 17.0 Å². The fourth-order valence-electron chi connectivity index (χ4n) is 3.03. The van der Waals surface area contributed by atoms with Gasteiger partial charge in [-0.15, -0.1) is 0 Å². The molecular weight excluding hydrogens is 308 g/mol. The van der Waals surface area contributed by atoms with Crippen molar-refractivity contribution in [3.63, 3.8) is 0 Å². The highest BCUT2D eigenvalue weighted by Gasteiger charge is 2.22. The summed E-state index contributed by atoms with van der Waals surface area (Å²) in [6, 6.07) is 8.61. The highest BCUT2D eigenvalue weighted by molar-refractivity contribution is 5.98. The Hall–Kier alpha value is -2.60. The van der Waals surface area contributed by atoms with Crippen molar-refractivity contribution in [3.8, 4) is 5.69 Å². The molecule has 3 rings (SSSR count). The van der Waals surface area contributed by atoms with Gasteiger partial charge in [-0.2, -0.15) is 0 Å². The van der Waals surface area contributed by atoms with Crippen LogP contribution in [-0.4, -0.2) is 52.8 Å². The highest BCUT2D eigenvalue weighted by atomic mass is 16.5. The molecule has 1 N–H and O–H groups in total. The first-order chi connectivity index (χ1) is 11.5. The minimum Gasteiger partial charge on any atom is -0.478 e. The average Bonchev–Trinajstić information content (AvgIpc) is 2.93. The summed E-state index contributed by atoms with van der Waals surface area (Å²) in [5, 5.41) is 9.50. The van der Waals surface area contributed by atoms with E-state index in [0.717, 1.165) is 11.4 Å². The maximum Gasteiger partial charge on any atom is 0.337 e. The van der Waals surface area contributed by atoms with E-state index in [4.69, 9.17) is 4.74 Å². The number of carboxylic acid groups (broad SMARTS) is 1. The molecule has 126 valence electrons. The third kappa shape index (κ3) is 2.92. The Labute approximate surface area is 140 Å². The standard InChI is InChI=1S/C18H20N2O4/c1-12-3-4-13(2)20(12)16-11-14(5-6-15(16)18(22)23)17(21)19-7-9-24-10-8-19/h3-6,11H,7-10H2,1-2H3,(H,22,23). The van der Waals surface area contributed by atoms with Crippen molar-refractivity contribution in [3.05, 3.63) is 52.8 Å². The van der Waals surface area contributed by atoms with E-state index in [0.29, 0.717) is 37.6 Å². The lowest BCUT2D eigenvalue weighted by atomic mass is 10.1. The van der Waals surface area contributed by atoms with Crippen LogP contribution < -0.4 is 0 Å². The number of rotatable bonds is 3. The quantitative estimate of drug-likeness (QED) is 0.938. The summed E-state index contributed by atoms with van der Waals surface area (Å²) in [7, 11) is 0. The second kappa shape index (κ2) is 6.49. The number of aryl methyl sites for hydroxylation is 2. The smallest absolute Gasteiger partial charge is 0.337 e. The van der Waals surface area contributed by atoms with Crippen LogP contribution in [0.1, 0.15) is 32.1 Å². The van der Waals surface area contributed by atoms with Crippen LogP contribution >= 0.6 is 0 Å². The van der Waals surface area contributed by atoms with Gasteiger partial charge in [0.2, 0.25) is 0 Å². The molecule has 6 heteroatoms. The molecule has 1 aliphatic heterocycles. The predicted octanol–water partition coefficient (Wildman–Crippen LogP) is 2.26. The maximum atomic E-state index is 12.7. The van der Waals surface area contributed by atoms with E-state index in [9.17, 15) is 14.7 Å². The predicted molar refractivity (Wildman–Crippen MR) is 88.9 cm³/mol. The van der Waals surface area contributed by atoms with Crippen LogP contribution in [0, 0.1) is 13.8 Å². The van der Waals surface area contributed by atoms with Crippen LogP contribution in [0.15, 0.2) is 30.3 Å². The van der Waals surface area contributed by atoms with Gasteiger partial charge in [0.25, 0.3) is 5.91 Å². The molecular formula is C18H20N2O4. The van der Waals surface area contributed by atoms with E-state index in [-0.39, 0.29) is 11.5 Å². The van der Waals surface area contributed by atoms with Gasteiger partial charge in [-0.1, -0.05) is 0 Å². The van der Waals surface area contributed by atoms with Crippen LogP contribution in [0.5, 0.6) is 0 Å². The molecule has 0 spiro atoms. The first-order valence-corrected chi connectivity index (χ1v) is 7.88. The Morgan fingerprint density at radius 1 is 1.04 bits per heavy atom. The minimum absolute atomic E-state index is 0.0982. The number of hydrogen-bond acceptors (Lipinski definition) is 3. The third-order valence-corrected chi connectivity index (χ3v) is 4.29. The summed E-state index contributed by atoms with van der Waals surface area (Å²) >= 11 is 0. The molecule has 2 aromatic rings. The van der Waals surface area contributed by atoms with E-state index in [1.807, 2.05) is 30.5 Å². The molecule has 0 saturated carbocycles. The molecule has 0 radical (unpaired) electrons. The summed E-state index contributed by atoms with van der Waals surface area (Å²) in [5.74, 6) is -1.11. The Morgan fingerprint density at radius 2 is 1.67 bits per heavy atom. The average molecular weight is 328 g/mol. The molecule has 24 heavy (non-hydrogen) atoms. The lowest BCUT2D eigenvalue weighted by Crippen LogP contribution is -2.40. The highest BCUT2D eigenvalue weighted by Crippen LogP contribution is 2.23. The number of carbonyl (C=O) groups is 2. The van der Waals surface area contributed by atoms with Gasteiger partial charge in [0, 0.05) is 30.0 Å². The second-order valence-corrected chi connectivity index (χ2v) is 5.89. The topological polar surface area (TPSA) is 71.8 Å². The van der Waals surface area contributed by atoms with Crippen LogP contribution in [0.2, 0.25) is 0 Å². The van der Waals surface area contributed by atoms with Crippen molar-refractivity contribution >= 4 is 11.9 Å². The molecule has 1 saturated heterocycles. The van der Waals surface area contributed by atoms with Gasteiger partial charge in [-0.25, -0.2) is 4.79 Å². The fraction of sp³-hybridized carbons (Fsp3) is 0.333. The van der Waals surface area contributed by atoms with Gasteiger partial charge >= 0.3 is 5.97 Å². The van der Waals surface area contributed by atoms with Gasteiger partial charge in [-0.3, -0.25) is 4.79 Å². The normalized spacial score (nSPS) is 14.7. The van der Waals surface area contributed by atoms with Crippen molar-refractivity contribution in [1.29, 1.82) is 0 Å². The molecule has 1 amide bonds. The Balaban J connectivity index is 2.06. The number of benzene rings is 1. The number of aromatic carboxylic acids is 1. The summed E-state index contributed by atoms with van der Waals surface area (Å²) in [5.41, 5.74) is 3.03. The molecule has 1 fully saturated rings. The lowest BCUT2D eigenvalue weighted by Gasteiger charge is -2.27. The SMILES string of the molecule is Cc1ccc(C)n1-c1cc(C(=O)N2CCOCC2)ccc1C(=O)O. The molecule has 2 heterocycles. The van der Waals surface area contributed by atoms with Gasteiger partial charge in [0.05, 0.1) is 24.5 Å². The number of amides is 1. The van der Waals surface area contributed by atoms with Crippen molar-refractivity contribution < 1.29 is 19.4 Å². The Morgan fingerprint density at radius 3 is 2.25 bits per heavy atom. The molecule has 0 atom stereocenters. The monoisotopic (exact) mass is 328 g/mol. The first kappa shape index (κ1) is 16.3. The fourth-order valence-corrected chi connectivity index (χ4v) is 3.03.